The molecule has 0 radical (unpaired) electrons. The van der Waals surface area contributed by atoms with Crippen LogP contribution in [0.5, 0.6) is 0 Å². The van der Waals surface area contributed by atoms with Gasteiger partial charge in [0, 0.05) is 32.7 Å². The van der Waals surface area contributed by atoms with E-state index in [1.807, 2.05) is 0 Å². The van der Waals surface area contributed by atoms with Gasteiger partial charge in [0.1, 0.15) is 6.61 Å². The maximum Gasteiger partial charge on any atom is 0.252 e. The van der Waals surface area contributed by atoms with Crippen LogP contribution in [0.15, 0.2) is 4.52 Å². The fourth-order valence-corrected chi connectivity index (χ4v) is 3.48. The van der Waals surface area contributed by atoms with Gasteiger partial charge < -0.3 is 14.6 Å². The first kappa shape index (κ1) is 13.6. The molecule has 7 heteroatoms. The predicted octanol–water partition coefficient (Wildman–Crippen LogP) is 0.0105. The van der Waals surface area contributed by atoms with Gasteiger partial charge in [0.2, 0.25) is 0 Å². The van der Waals surface area contributed by atoms with E-state index in [1.165, 1.54) is 13.1 Å². The molecule has 1 N–H and O–H groups in total. The van der Waals surface area contributed by atoms with Gasteiger partial charge in [-0.25, -0.2) is 0 Å². The SMILES string of the molecule is C1CC(OCc2nc(C3CN4CCN3CC4)no2)CCN1. The van der Waals surface area contributed by atoms with Crippen LogP contribution in [0.2, 0.25) is 0 Å². The first-order valence-corrected chi connectivity index (χ1v) is 8.00. The molecule has 4 saturated heterocycles. The molecule has 0 saturated carbocycles. The number of piperidine rings is 1. The van der Waals surface area contributed by atoms with Crippen molar-refractivity contribution >= 4 is 0 Å². The molecule has 7 nitrogen and oxygen atoms in total. The van der Waals surface area contributed by atoms with Gasteiger partial charge in [-0.3, -0.25) is 9.80 Å². The molecule has 1 aromatic heterocycles. The average molecular weight is 293 g/mol. The lowest BCUT2D eigenvalue weighted by atomic mass is 10.1. The normalized spacial score (nSPS) is 33.4. The van der Waals surface area contributed by atoms with Gasteiger partial charge in [0.05, 0.1) is 12.1 Å². The van der Waals surface area contributed by atoms with Crippen molar-refractivity contribution < 1.29 is 9.26 Å². The van der Waals surface area contributed by atoms with Crippen LogP contribution in [0.4, 0.5) is 0 Å². The highest BCUT2D eigenvalue weighted by Crippen LogP contribution is 2.26. The van der Waals surface area contributed by atoms with Crippen molar-refractivity contribution in [3.8, 4) is 0 Å². The Hall–Kier alpha value is -1.02. The summed E-state index contributed by atoms with van der Waals surface area (Å²) in [5.74, 6) is 1.43. The number of hydrogen-bond donors (Lipinski definition) is 1. The first-order chi connectivity index (χ1) is 10.4. The summed E-state index contributed by atoms with van der Waals surface area (Å²) in [5, 5.41) is 7.51. The van der Waals surface area contributed by atoms with Crippen LogP contribution in [-0.2, 0) is 11.3 Å². The third kappa shape index (κ3) is 2.96. The molecule has 1 aromatic rings. The fraction of sp³-hybridized carbons (Fsp3) is 0.857. The van der Waals surface area contributed by atoms with Gasteiger partial charge in [-0.05, 0) is 25.9 Å². The zero-order chi connectivity index (χ0) is 14.1. The second-order valence-electron chi connectivity index (χ2n) is 6.16. The van der Waals surface area contributed by atoms with E-state index in [4.69, 9.17) is 9.26 Å². The summed E-state index contributed by atoms with van der Waals surface area (Å²) in [7, 11) is 0. The second-order valence-corrected chi connectivity index (χ2v) is 6.16. The number of nitrogens with one attached hydrogen (secondary N) is 1. The molecule has 116 valence electrons. The molecule has 5 rings (SSSR count). The Balaban J connectivity index is 1.35. The molecule has 0 amide bonds. The van der Waals surface area contributed by atoms with Crippen LogP contribution in [0.1, 0.15) is 30.6 Å². The highest BCUT2D eigenvalue weighted by Gasteiger charge is 2.35. The molecule has 21 heavy (non-hydrogen) atoms. The van der Waals surface area contributed by atoms with Gasteiger partial charge in [0.25, 0.3) is 5.89 Å². The number of ether oxygens (including phenoxy) is 1. The summed E-state index contributed by atoms with van der Waals surface area (Å²) in [6.07, 6.45) is 2.45. The minimum Gasteiger partial charge on any atom is -0.368 e. The molecular formula is C14H23N5O2. The Morgan fingerprint density at radius 1 is 1.19 bits per heavy atom. The number of nitrogens with zero attached hydrogens (tertiary/aromatic N) is 4. The van der Waals surface area contributed by atoms with Gasteiger partial charge in [0.15, 0.2) is 5.82 Å². The van der Waals surface area contributed by atoms with Crippen LogP contribution in [0, 0.1) is 0 Å². The second kappa shape index (κ2) is 6.00. The standard InChI is InChI=1S/C14H23N5O2/c1-3-15-4-2-11(1)20-10-13-16-14(17-21-13)12-9-18-5-7-19(12)8-6-18/h11-12,15H,1-10H2. The van der Waals surface area contributed by atoms with Gasteiger partial charge in [-0.2, -0.15) is 4.98 Å². The zero-order valence-corrected chi connectivity index (χ0v) is 12.3. The molecule has 1 atom stereocenters. The molecule has 0 spiro atoms. The van der Waals surface area contributed by atoms with Crippen molar-refractivity contribution in [2.24, 2.45) is 0 Å². The third-order valence-corrected chi connectivity index (χ3v) is 4.79. The maximum atomic E-state index is 5.87. The van der Waals surface area contributed by atoms with Crippen molar-refractivity contribution in [2.75, 3.05) is 45.8 Å². The summed E-state index contributed by atoms with van der Waals surface area (Å²) >= 11 is 0. The molecule has 1 unspecified atom stereocenters. The number of piperazine rings is 3. The molecule has 5 heterocycles. The molecule has 4 fully saturated rings. The number of rotatable bonds is 4. The minimum atomic E-state index is 0.295. The number of hydrogen-bond acceptors (Lipinski definition) is 7. The molecule has 4 aliphatic heterocycles. The Morgan fingerprint density at radius 3 is 2.71 bits per heavy atom. The summed E-state index contributed by atoms with van der Waals surface area (Å²) in [4.78, 5) is 9.49. The Labute approximate surface area is 124 Å². The highest BCUT2D eigenvalue weighted by molar-refractivity contribution is 5.01. The van der Waals surface area contributed by atoms with E-state index in [0.29, 0.717) is 24.6 Å². The summed E-state index contributed by atoms with van der Waals surface area (Å²) in [6.45, 7) is 8.09. The molecule has 0 aliphatic carbocycles. The monoisotopic (exact) mass is 293 g/mol. The number of fused-ring (bicyclic) bond motifs is 3. The summed E-state index contributed by atoms with van der Waals surface area (Å²) in [5.41, 5.74) is 0. The fourth-order valence-electron chi connectivity index (χ4n) is 3.48. The van der Waals surface area contributed by atoms with Crippen molar-refractivity contribution in [2.45, 2.75) is 31.6 Å². The number of aromatic nitrogens is 2. The van der Waals surface area contributed by atoms with E-state index in [9.17, 15) is 0 Å². The van der Waals surface area contributed by atoms with Gasteiger partial charge in [-0.15, -0.1) is 0 Å². The van der Waals surface area contributed by atoms with E-state index < -0.39 is 0 Å². The molecular weight excluding hydrogens is 270 g/mol. The van der Waals surface area contributed by atoms with Crippen molar-refractivity contribution in [3.63, 3.8) is 0 Å². The topological polar surface area (TPSA) is 66.7 Å². The molecule has 0 aromatic carbocycles. The summed E-state index contributed by atoms with van der Waals surface area (Å²) < 4.78 is 11.2. The Morgan fingerprint density at radius 2 is 2.00 bits per heavy atom. The largest absolute Gasteiger partial charge is 0.368 e. The lowest BCUT2D eigenvalue weighted by Gasteiger charge is -2.46. The zero-order valence-electron chi connectivity index (χ0n) is 12.3. The third-order valence-electron chi connectivity index (χ3n) is 4.79. The maximum absolute atomic E-state index is 5.87. The highest BCUT2D eigenvalue weighted by atomic mass is 16.5. The molecule has 4 aliphatic rings. The van der Waals surface area contributed by atoms with Crippen molar-refractivity contribution in [1.82, 2.24) is 25.3 Å². The minimum absolute atomic E-state index is 0.295. The Bertz CT molecular complexity index is 466. The smallest absolute Gasteiger partial charge is 0.252 e. The van der Waals surface area contributed by atoms with E-state index >= 15 is 0 Å². The molecule has 2 bridgehead atoms. The van der Waals surface area contributed by atoms with E-state index in [-0.39, 0.29) is 0 Å². The predicted molar refractivity (Wildman–Crippen MR) is 75.7 cm³/mol. The first-order valence-electron chi connectivity index (χ1n) is 8.00. The van der Waals surface area contributed by atoms with E-state index in [1.54, 1.807) is 0 Å². The van der Waals surface area contributed by atoms with Gasteiger partial charge in [-0.1, -0.05) is 5.16 Å². The van der Waals surface area contributed by atoms with E-state index in [2.05, 4.69) is 25.3 Å². The lowest BCUT2D eigenvalue weighted by molar-refractivity contribution is 0.00766. The van der Waals surface area contributed by atoms with Gasteiger partial charge >= 0.3 is 0 Å². The van der Waals surface area contributed by atoms with Crippen LogP contribution in [0.3, 0.4) is 0 Å². The lowest BCUT2D eigenvalue weighted by Crippen LogP contribution is -2.57. The van der Waals surface area contributed by atoms with E-state index in [0.717, 1.165) is 51.4 Å². The van der Waals surface area contributed by atoms with Crippen LogP contribution >= 0.6 is 0 Å². The van der Waals surface area contributed by atoms with Crippen LogP contribution in [0.25, 0.3) is 0 Å². The average Bonchev–Trinajstić information content (AvgIpc) is 3.04. The summed E-state index contributed by atoms with van der Waals surface area (Å²) in [6, 6.07) is 0.295. The van der Waals surface area contributed by atoms with Crippen LogP contribution < -0.4 is 5.32 Å². The van der Waals surface area contributed by atoms with Crippen molar-refractivity contribution in [3.05, 3.63) is 11.7 Å². The Kier molecular flexibility index (Phi) is 3.89. The van der Waals surface area contributed by atoms with Crippen LogP contribution in [-0.4, -0.2) is 71.9 Å². The quantitative estimate of drug-likeness (QED) is 0.839. The van der Waals surface area contributed by atoms with Crippen molar-refractivity contribution in [1.29, 1.82) is 0 Å².